The molecule has 0 unspecified atom stereocenters. The van der Waals surface area contributed by atoms with Gasteiger partial charge in [-0.3, -0.25) is 4.79 Å². The molecule has 2 aromatic heterocycles. The molecular weight excluding hydrogens is 372 g/mol. The van der Waals surface area contributed by atoms with Crippen molar-refractivity contribution >= 4 is 17.7 Å². The van der Waals surface area contributed by atoms with Gasteiger partial charge in [0.2, 0.25) is 11.7 Å². The van der Waals surface area contributed by atoms with Gasteiger partial charge in [-0.25, -0.2) is 4.98 Å². The van der Waals surface area contributed by atoms with Crippen LogP contribution in [-0.2, 0) is 4.79 Å². The summed E-state index contributed by atoms with van der Waals surface area (Å²) in [5, 5.41) is 17.0. The Kier molecular flexibility index (Phi) is 5.96. The number of carbonyl (C=O) groups excluding carboxylic acids is 1. The van der Waals surface area contributed by atoms with Crippen molar-refractivity contribution in [3.8, 4) is 11.4 Å². The summed E-state index contributed by atoms with van der Waals surface area (Å²) < 4.78 is 0. The number of nitrogens with zero attached hydrogens (tertiary/aromatic N) is 5. The van der Waals surface area contributed by atoms with Gasteiger partial charge in [0, 0.05) is 17.8 Å². The lowest BCUT2D eigenvalue weighted by molar-refractivity contribution is -0.119. The van der Waals surface area contributed by atoms with Crippen LogP contribution >= 0.6 is 11.8 Å². The van der Waals surface area contributed by atoms with Crippen LogP contribution in [-0.4, -0.2) is 42.9 Å². The zero-order valence-electron chi connectivity index (χ0n) is 15.4. The van der Waals surface area contributed by atoms with Gasteiger partial charge in [0.15, 0.2) is 0 Å². The highest BCUT2D eigenvalue weighted by Gasteiger charge is 2.25. The first kappa shape index (κ1) is 18.6. The highest BCUT2D eigenvalue weighted by molar-refractivity contribution is 7.99. The lowest BCUT2D eigenvalue weighted by Crippen LogP contribution is -2.39. The van der Waals surface area contributed by atoms with Gasteiger partial charge in [0.1, 0.15) is 0 Å². The molecule has 1 fully saturated rings. The SMILES string of the molecule is O=C(CSc1ccccn1)NC1CCC(n2nnc(-c3ccccc3)n2)CC1. The Hall–Kier alpha value is -2.74. The molecule has 1 aliphatic carbocycles. The molecule has 8 heteroatoms. The van der Waals surface area contributed by atoms with Crippen molar-refractivity contribution in [3.63, 3.8) is 0 Å². The van der Waals surface area contributed by atoms with E-state index in [1.165, 1.54) is 11.8 Å². The van der Waals surface area contributed by atoms with Gasteiger partial charge in [-0.15, -0.1) is 10.2 Å². The summed E-state index contributed by atoms with van der Waals surface area (Å²) in [6, 6.07) is 16.0. The van der Waals surface area contributed by atoms with E-state index in [2.05, 4.69) is 25.7 Å². The minimum Gasteiger partial charge on any atom is -0.353 e. The molecule has 2 heterocycles. The Morgan fingerprint density at radius 2 is 1.86 bits per heavy atom. The van der Waals surface area contributed by atoms with Crippen LogP contribution in [0.25, 0.3) is 11.4 Å². The number of thioether (sulfide) groups is 1. The number of aromatic nitrogens is 5. The zero-order chi connectivity index (χ0) is 19.2. The second-order valence-electron chi connectivity index (χ2n) is 6.83. The fourth-order valence-corrected chi connectivity index (χ4v) is 4.05. The summed E-state index contributed by atoms with van der Waals surface area (Å²) >= 11 is 1.46. The Morgan fingerprint density at radius 1 is 1.07 bits per heavy atom. The summed E-state index contributed by atoms with van der Waals surface area (Å²) in [5.41, 5.74) is 0.972. The van der Waals surface area contributed by atoms with E-state index < -0.39 is 0 Å². The summed E-state index contributed by atoms with van der Waals surface area (Å²) in [6.45, 7) is 0. The molecular formula is C20H22N6OS. The lowest BCUT2D eigenvalue weighted by Gasteiger charge is -2.28. The van der Waals surface area contributed by atoms with Crippen LogP contribution in [0.2, 0.25) is 0 Å². The Balaban J connectivity index is 1.24. The van der Waals surface area contributed by atoms with Crippen molar-refractivity contribution in [2.45, 2.75) is 42.8 Å². The summed E-state index contributed by atoms with van der Waals surface area (Å²) in [6.07, 6.45) is 5.45. The molecule has 3 aromatic rings. The number of rotatable bonds is 6. The standard InChI is InChI=1S/C20H22N6OS/c27-18(14-28-19-8-4-5-13-21-19)22-16-9-11-17(12-10-16)26-24-20(23-25-26)15-6-2-1-3-7-15/h1-8,13,16-17H,9-12,14H2,(H,22,27). The molecule has 0 aliphatic heterocycles. The predicted octanol–water partition coefficient (Wildman–Crippen LogP) is 3.13. The van der Waals surface area contributed by atoms with Crippen molar-refractivity contribution in [3.05, 3.63) is 54.7 Å². The number of pyridine rings is 1. The van der Waals surface area contributed by atoms with Crippen LogP contribution in [0.1, 0.15) is 31.7 Å². The van der Waals surface area contributed by atoms with Crippen LogP contribution in [0.15, 0.2) is 59.8 Å². The third-order valence-corrected chi connectivity index (χ3v) is 5.78. The lowest BCUT2D eigenvalue weighted by atomic mass is 9.91. The molecule has 0 spiro atoms. The maximum Gasteiger partial charge on any atom is 0.230 e. The van der Waals surface area contributed by atoms with E-state index in [1.807, 2.05) is 48.5 Å². The molecule has 7 nitrogen and oxygen atoms in total. The van der Waals surface area contributed by atoms with Crippen LogP contribution in [0.3, 0.4) is 0 Å². The molecule has 1 amide bonds. The maximum atomic E-state index is 12.2. The smallest absolute Gasteiger partial charge is 0.230 e. The fourth-order valence-electron chi connectivity index (χ4n) is 3.37. The number of amides is 1. The van der Waals surface area contributed by atoms with Gasteiger partial charge >= 0.3 is 0 Å². The van der Waals surface area contributed by atoms with Crippen molar-refractivity contribution in [1.82, 2.24) is 30.5 Å². The highest BCUT2D eigenvalue weighted by atomic mass is 32.2. The number of hydrogen-bond acceptors (Lipinski definition) is 6. The van der Waals surface area contributed by atoms with Crippen molar-refractivity contribution in [2.75, 3.05) is 5.75 Å². The normalized spacial score (nSPS) is 19.3. The maximum absolute atomic E-state index is 12.2. The Labute approximate surface area is 167 Å². The van der Waals surface area contributed by atoms with E-state index in [9.17, 15) is 4.79 Å². The van der Waals surface area contributed by atoms with Crippen molar-refractivity contribution < 1.29 is 4.79 Å². The van der Waals surface area contributed by atoms with E-state index in [0.29, 0.717) is 11.6 Å². The molecule has 0 bridgehead atoms. The first-order valence-electron chi connectivity index (χ1n) is 9.46. The minimum absolute atomic E-state index is 0.0596. The fraction of sp³-hybridized carbons (Fsp3) is 0.350. The quantitative estimate of drug-likeness (QED) is 0.647. The topological polar surface area (TPSA) is 85.6 Å². The highest BCUT2D eigenvalue weighted by Crippen LogP contribution is 2.28. The molecule has 1 aliphatic rings. The van der Waals surface area contributed by atoms with Gasteiger partial charge in [-0.2, -0.15) is 4.80 Å². The first-order chi connectivity index (χ1) is 13.8. The van der Waals surface area contributed by atoms with E-state index in [-0.39, 0.29) is 18.0 Å². The largest absolute Gasteiger partial charge is 0.353 e. The van der Waals surface area contributed by atoms with E-state index in [1.54, 1.807) is 11.0 Å². The molecule has 28 heavy (non-hydrogen) atoms. The summed E-state index contributed by atoms with van der Waals surface area (Å²) in [4.78, 5) is 18.2. The van der Waals surface area contributed by atoms with E-state index >= 15 is 0 Å². The minimum atomic E-state index is 0.0596. The van der Waals surface area contributed by atoms with E-state index in [4.69, 9.17) is 0 Å². The van der Waals surface area contributed by atoms with E-state index in [0.717, 1.165) is 36.3 Å². The number of benzene rings is 1. The van der Waals surface area contributed by atoms with Crippen molar-refractivity contribution in [1.29, 1.82) is 0 Å². The molecule has 0 saturated heterocycles. The zero-order valence-corrected chi connectivity index (χ0v) is 16.3. The number of nitrogens with one attached hydrogen (secondary N) is 1. The molecule has 0 radical (unpaired) electrons. The molecule has 144 valence electrons. The summed E-state index contributed by atoms with van der Waals surface area (Å²) in [7, 11) is 0. The van der Waals surface area contributed by atoms with Gasteiger partial charge in [-0.05, 0) is 43.0 Å². The third kappa shape index (κ3) is 4.75. The van der Waals surface area contributed by atoms with Crippen LogP contribution in [0.5, 0.6) is 0 Å². The summed E-state index contributed by atoms with van der Waals surface area (Å²) in [5.74, 6) is 1.11. The number of hydrogen-bond donors (Lipinski definition) is 1. The monoisotopic (exact) mass is 394 g/mol. The average Bonchev–Trinajstić information content (AvgIpc) is 3.25. The van der Waals surface area contributed by atoms with Gasteiger partial charge < -0.3 is 5.32 Å². The number of tetrazole rings is 1. The molecule has 4 rings (SSSR count). The van der Waals surface area contributed by atoms with Crippen LogP contribution in [0.4, 0.5) is 0 Å². The van der Waals surface area contributed by atoms with Crippen LogP contribution in [0, 0.1) is 0 Å². The predicted molar refractivity (Wildman–Crippen MR) is 108 cm³/mol. The van der Waals surface area contributed by atoms with Crippen LogP contribution < -0.4 is 5.32 Å². The second kappa shape index (κ2) is 8.97. The average molecular weight is 395 g/mol. The first-order valence-corrected chi connectivity index (χ1v) is 10.4. The van der Waals surface area contributed by atoms with Gasteiger partial charge in [0.05, 0.1) is 16.8 Å². The molecule has 1 saturated carbocycles. The molecule has 1 aromatic carbocycles. The molecule has 1 N–H and O–H groups in total. The van der Waals surface area contributed by atoms with Gasteiger partial charge in [-0.1, -0.05) is 48.2 Å². The Morgan fingerprint density at radius 3 is 2.61 bits per heavy atom. The number of carbonyl (C=O) groups is 1. The Bertz CT molecular complexity index is 893. The molecule has 0 atom stereocenters. The third-order valence-electron chi connectivity index (χ3n) is 4.84. The van der Waals surface area contributed by atoms with Crippen molar-refractivity contribution in [2.24, 2.45) is 0 Å². The van der Waals surface area contributed by atoms with Gasteiger partial charge in [0.25, 0.3) is 0 Å². The second-order valence-corrected chi connectivity index (χ2v) is 7.82.